The topological polar surface area (TPSA) is 28.2 Å². The minimum absolute atomic E-state index is 0. The fourth-order valence-corrected chi connectivity index (χ4v) is 3.94. The maximum atomic E-state index is 4.53. The summed E-state index contributed by atoms with van der Waals surface area (Å²) in [6, 6.07) is 2.74. The molecule has 1 aliphatic rings. The molecule has 0 bridgehead atoms. The van der Waals surface area contributed by atoms with Gasteiger partial charge in [-0.2, -0.15) is 11.3 Å². The number of nitrogens with one attached hydrogen (secondary N) is 1. The first-order valence-corrected chi connectivity index (χ1v) is 8.00. The number of nitrogens with zero attached hydrogens (tertiary/aromatic N) is 2. The van der Waals surface area contributed by atoms with Crippen LogP contribution in [-0.2, 0) is 6.54 Å². The summed E-state index contributed by atoms with van der Waals surface area (Å²) < 4.78 is 0. The number of hydrogen-bond acceptors (Lipinski definition) is 5. The lowest BCUT2D eigenvalue weighted by Crippen LogP contribution is -2.48. The van der Waals surface area contributed by atoms with Crippen molar-refractivity contribution in [2.75, 3.05) is 19.6 Å². The monoisotopic (exact) mass is 315 g/mol. The van der Waals surface area contributed by atoms with Crippen molar-refractivity contribution in [2.45, 2.75) is 19.5 Å². The third-order valence-corrected chi connectivity index (χ3v) is 4.87. The van der Waals surface area contributed by atoms with Crippen LogP contribution in [0.4, 0.5) is 0 Å². The van der Waals surface area contributed by atoms with E-state index < -0.39 is 0 Å². The zero-order valence-electron chi connectivity index (χ0n) is 10.8. The lowest BCUT2D eigenvalue weighted by molar-refractivity contribution is 0.201. The number of piperazine rings is 1. The first-order chi connectivity index (χ1) is 8.81. The minimum atomic E-state index is 0. The average molecular weight is 316 g/mol. The zero-order valence-corrected chi connectivity index (χ0v) is 13.3. The highest BCUT2D eigenvalue weighted by Crippen LogP contribution is 2.27. The molecule has 0 aromatic carbocycles. The van der Waals surface area contributed by atoms with Gasteiger partial charge in [0.25, 0.3) is 0 Å². The van der Waals surface area contributed by atoms with Gasteiger partial charge in [0.1, 0.15) is 5.01 Å². The molecule has 1 fully saturated rings. The molecule has 0 amide bonds. The van der Waals surface area contributed by atoms with E-state index in [2.05, 4.69) is 39.0 Å². The fourth-order valence-electron chi connectivity index (χ4n) is 2.28. The van der Waals surface area contributed by atoms with Crippen molar-refractivity contribution in [2.24, 2.45) is 0 Å². The lowest BCUT2D eigenvalue weighted by Gasteiger charge is -2.31. The first kappa shape index (κ1) is 14.9. The van der Waals surface area contributed by atoms with E-state index >= 15 is 0 Å². The third-order valence-electron chi connectivity index (χ3n) is 3.15. The molecule has 0 spiro atoms. The van der Waals surface area contributed by atoms with Gasteiger partial charge in [0.15, 0.2) is 0 Å². The highest BCUT2D eigenvalue weighted by atomic mass is 35.5. The molecule has 3 nitrogen and oxygen atoms in total. The molecule has 3 heterocycles. The van der Waals surface area contributed by atoms with Crippen molar-refractivity contribution in [3.05, 3.63) is 27.9 Å². The maximum Gasteiger partial charge on any atom is 0.124 e. The number of thiophene rings is 1. The van der Waals surface area contributed by atoms with E-state index in [-0.39, 0.29) is 12.4 Å². The quantitative estimate of drug-likeness (QED) is 0.943. The molecule has 19 heavy (non-hydrogen) atoms. The molecular formula is C13H18ClN3S2. The largest absolute Gasteiger partial charge is 0.312 e. The van der Waals surface area contributed by atoms with Crippen LogP contribution in [0.2, 0.25) is 0 Å². The molecule has 2 aromatic rings. The van der Waals surface area contributed by atoms with Gasteiger partial charge in [-0.1, -0.05) is 0 Å². The number of aromatic nitrogens is 1. The smallest absolute Gasteiger partial charge is 0.124 e. The fraction of sp³-hybridized carbons (Fsp3) is 0.462. The molecule has 0 unspecified atom stereocenters. The van der Waals surface area contributed by atoms with Crippen molar-refractivity contribution < 1.29 is 0 Å². The van der Waals surface area contributed by atoms with Gasteiger partial charge in [-0.25, -0.2) is 4.98 Å². The Morgan fingerprint density at radius 3 is 3.16 bits per heavy atom. The standard InChI is InChI=1S/C13H17N3S2.ClH/c1-10-7-16(4-3-14-10)8-12-6-15-13(18-12)11-2-5-17-9-11;/h2,5-6,9-10,14H,3-4,7-8H2,1H3;1H/t10-;/m1./s1. The van der Waals surface area contributed by atoms with E-state index in [1.807, 2.05) is 17.5 Å². The Labute approximate surface area is 128 Å². The van der Waals surface area contributed by atoms with Crippen LogP contribution >= 0.6 is 35.1 Å². The summed E-state index contributed by atoms with van der Waals surface area (Å²) >= 11 is 3.55. The highest BCUT2D eigenvalue weighted by Gasteiger charge is 2.16. The highest BCUT2D eigenvalue weighted by molar-refractivity contribution is 7.15. The zero-order chi connectivity index (χ0) is 12.4. The molecule has 1 atom stereocenters. The number of halogens is 1. The number of hydrogen-bond donors (Lipinski definition) is 1. The Hall–Kier alpha value is -0.460. The maximum absolute atomic E-state index is 4.53. The van der Waals surface area contributed by atoms with Crippen molar-refractivity contribution in [3.8, 4) is 10.6 Å². The second-order valence-corrected chi connectivity index (χ2v) is 6.63. The van der Waals surface area contributed by atoms with Crippen LogP contribution in [0.5, 0.6) is 0 Å². The van der Waals surface area contributed by atoms with Crippen LogP contribution in [0.1, 0.15) is 11.8 Å². The third kappa shape index (κ3) is 3.77. The molecule has 2 aromatic heterocycles. The molecule has 3 rings (SSSR count). The van der Waals surface area contributed by atoms with Gasteiger partial charge in [-0.15, -0.1) is 23.7 Å². The first-order valence-electron chi connectivity index (χ1n) is 6.24. The van der Waals surface area contributed by atoms with Crippen molar-refractivity contribution >= 4 is 35.1 Å². The predicted molar refractivity (Wildman–Crippen MR) is 85.4 cm³/mol. The molecule has 6 heteroatoms. The Kier molecular flexibility index (Phi) is 5.36. The molecule has 0 saturated carbocycles. The van der Waals surface area contributed by atoms with Crippen LogP contribution in [-0.4, -0.2) is 35.6 Å². The number of rotatable bonds is 3. The minimum Gasteiger partial charge on any atom is -0.312 e. The molecule has 0 aliphatic carbocycles. The summed E-state index contributed by atoms with van der Waals surface area (Å²) in [5.74, 6) is 0. The SMILES string of the molecule is C[C@@H]1CN(Cc2cnc(-c3ccsc3)s2)CCN1.Cl. The Morgan fingerprint density at radius 1 is 1.53 bits per heavy atom. The van der Waals surface area contributed by atoms with Gasteiger partial charge in [-0.3, -0.25) is 4.90 Å². The van der Waals surface area contributed by atoms with Gasteiger partial charge < -0.3 is 5.32 Å². The molecule has 1 aliphatic heterocycles. The normalized spacial score (nSPS) is 20.2. The van der Waals surface area contributed by atoms with Gasteiger partial charge >= 0.3 is 0 Å². The Morgan fingerprint density at radius 2 is 2.42 bits per heavy atom. The van der Waals surface area contributed by atoms with Gasteiger partial charge in [0, 0.05) is 54.2 Å². The predicted octanol–water partition coefficient (Wildman–Crippen LogP) is 3.09. The van der Waals surface area contributed by atoms with Crippen LogP contribution in [0.25, 0.3) is 10.6 Å². The number of thiazole rings is 1. The van der Waals surface area contributed by atoms with E-state index in [0.717, 1.165) is 31.2 Å². The summed E-state index contributed by atoms with van der Waals surface area (Å²) in [7, 11) is 0. The molecule has 1 N–H and O–H groups in total. The van der Waals surface area contributed by atoms with Crippen LogP contribution in [0.15, 0.2) is 23.0 Å². The lowest BCUT2D eigenvalue weighted by atomic mass is 10.2. The van der Waals surface area contributed by atoms with Crippen molar-refractivity contribution in [1.29, 1.82) is 0 Å². The van der Waals surface area contributed by atoms with Crippen LogP contribution < -0.4 is 5.32 Å². The molecule has 0 radical (unpaired) electrons. The van der Waals surface area contributed by atoms with Gasteiger partial charge in [-0.05, 0) is 18.4 Å². The van der Waals surface area contributed by atoms with Crippen molar-refractivity contribution in [3.63, 3.8) is 0 Å². The molecule has 104 valence electrons. The summed E-state index contributed by atoms with van der Waals surface area (Å²) in [4.78, 5) is 8.40. The van der Waals surface area contributed by atoms with Crippen LogP contribution in [0.3, 0.4) is 0 Å². The molecular weight excluding hydrogens is 298 g/mol. The van der Waals surface area contributed by atoms with E-state index in [0.29, 0.717) is 6.04 Å². The molecule has 1 saturated heterocycles. The van der Waals surface area contributed by atoms with E-state index in [4.69, 9.17) is 0 Å². The van der Waals surface area contributed by atoms with E-state index in [9.17, 15) is 0 Å². The van der Waals surface area contributed by atoms with Gasteiger partial charge in [0.05, 0.1) is 0 Å². The van der Waals surface area contributed by atoms with Crippen LogP contribution in [0, 0.1) is 0 Å². The summed E-state index contributed by atoms with van der Waals surface area (Å²) in [6.07, 6.45) is 2.03. The van der Waals surface area contributed by atoms with Crippen molar-refractivity contribution in [1.82, 2.24) is 15.2 Å². The Balaban J connectivity index is 0.00000133. The van der Waals surface area contributed by atoms with E-state index in [1.165, 1.54) is 10.4 Å². The second-order valence-electron chi connectivity index (χ2n) is 4.73. The summed E-state index contributed by atoms with van der Waals surface area (Å²) in [5.41, 5.74) is 1.25. The average Bonchev–Trinajstić information content (AvgIpc) is 2.98. The summed E-state index contributed by atoms with van der Waals surface area (Å²) in [5, 5.41) is 8.89. The van der Waals surface area contributed by atoms with Gasteiger partial charge in [0.2, 0.25) is 0 Å². The Bertz CT molecular complexity index is 498. The van der Waals surface area contributed by atoms with E-state index in [1.54, 1.807) is 11.3 Å². The summed E-state index contributed by atoms with van der Waals surface area (Å²) in [6.45, 7) is 6.64. The second kappa shape index (κ2) is 6.81.